The van der Waals surface area contributed by atoms with Crippen molar-refractivity contribution >= 4 is 12.1 Å². The number of hydrogen-bond acceptors (Lipinski definition) is 4. The number of hydrogen-bond donors (Lipinski definition) is 1. The first kappa shape index (κ1) is 23.3. The van der Waals surface area contributed by atoms with Gasteiger partial charge in [-0.05, 0) is 19.3 Å². The topological polar surface area (TPSA) is 64.6 Å². The summed E-state index contributed by atoms with van der Waals surface area (Å²) in [5.74, 6) is 1.90. The second-order valence-corrected chi connectivity index (χ2v) is 7.51. The first-order valence-electron chi connectivity index (χ1n) is 10.7. The van der Waals surface area contributed by atoms with Gasteiger partial charge in [0.05, 0.1) is 6.61 Å². The molecule has 154 valence electrons. The minimum atomic E-state index is -0.940. The Hall–Kier alpha value is -1.70. The van der Waals surface area contributed by atoms with E-state index >= 15 is 0 Å². The van der Waals surface area contributed by atoms with Crippen molar-refractivity contribution in [2.75, 3.05) is 13.2 Å². The molecule has 0 aromatic rings. The molecule has 5 nitrogen and oxygen atoms in total. The lowest BCUT2D eigenvalue weighted by Crippen LogP contribution is -2.53. The third-order valence-corrected chi connectivity index (χ3v) is 5.21. The SMILES string of the molecule is C#CCOC(=O)NC1(C(=O)OCCCCCCCCCCCC)CCCC1. The quantitative estimate of drug-likeness (QED) is 0.258. The Morgan fingerprint density at radius 3 is 2.04 bits per heavy atom. The summed E-state index contributed by atoms with van der Waals surface area (Å²) in [5.41, 5.74) is -0.940. The monoisotopic (exact) mass is 379 g/mol. The van der Waals surface area contributed by atoms with Gasteiger partial charge < -0.3 is 14.8 Å². The summed E-state index contributed by atoms with van der Waals surface area (Å²) >= 11 is 0. The van der Waals surface area contributed by atoms with Crippen LogP contribution in [0.4, 0.5) is 4.79 Å². The highest BCUT2D eigenvalue weighted by atomic mass is 16.6. The third-order valence-electron chi connectivity index (χ3n) is 5.21. The Kier molecular flexibility index (Phi) is 12.4. The zero-order chi connectivity index (χ0) is 19.8. The summed E-state index contributed by atoms with van der Waals surface area (Å²) in [7, 11) is 0. The molecule has 0 atom stereocenters. The normalized spacial score (nSPS) is 15.1. The molecule has 1 N–H and O–H groups in total. The molecule has 1 aliphatic rings. The van der Waals surface area contributed by atoms with E-state index in [0.29, 0.717) is 19.4 Å². The van der Waals surface area contributed by atoms with Gasteiger partial charge in [0.1, 0.15) is 5.54 Å². The Labute approximate surface area is 164 Å². The Balaban J connectivity index is 2.14. The average molecular weight is 380 g/mol. The first-order chi connectivity index (χ1) is 13.1. The number of esters is 1. The van der Waals surface area contributed by atoms with Crippen LogP contribution in [0.15, 0.2) is 0 Å². The largest absolute Gasteiger partial charge is 0.464 e. The summed E-state index contributed by atoms with van der Waals surface area (Å²) < 4.78 is 10.3. The molecule has 0 spiro atoms. The van der Waals surface area contributed by atoms with Crippen molar-refractivity contribution in [1.82, 2.24) is 5.32 Å². The number of rotatable bonds is 14. The number of carbonyl (C=O) groups is 2. The van der Waals surface area contributed by atoms with Crippen LogP contribution >= 0.6 is 0 Å². The predicted molar refractivity (Wildman–Crippen MR) is 107 cm³/mol. The Morgan fingerprint density at radius 2 is 1.48 bits per heavy atom. The van der Waals surface area contributed by atoms with E-state index in [-0.39, 0.29) is 12.6 Å². The molecule has 1 fully saturated rings. The Morgan fingerprint density at radius 1 is 0.926 bits per heavy atom. The molecule has 5 heteroatoms. The smallest absolute Gasteiger partial charge is 0.409 e. The summed E-state index contributed by atoms with van der Waals surface area (Å²) in [6.07, 6.45) is 19.8. The second-order valence-electron chi connectivity index (χ2n) is 7.51. The molecule has 1 amide bonds. The van der Waals surface area contributed by atoms with Crippen LogP contribution in [0.3, 0.4) is 0 Å². The number of carbonyl (C=O) groups excluding carboxylic acids is 2. The number of ether oxygens (including phenoxy) is 2. The van der Waals surface area contributed by atoms with Crippen LogP contribution in [0.25, 0.3) is 0 Å². The minimum Gasteiger partial charge on any atom is -0.464 e. The number of alkyl carbamates (subject to hydrolysis) is 1. The summed E-state index contributed by atoms with van der Waals surface area (Å²) in [5, 5.41) is 2.69. The van der Waals surface area contributed by atoms with Crippen LogP contribution in [0.5, 0.6) is 0 Å². The second kappa shape index (κ2) is 14.4. The van der Waals surface area contributed by atoms with Crippen LogP contribution in [-0.4, -0.2) is 30.8 Å². The van der Waals surface area contributed by atoms with Gasteiger partial charge in [-0.2, -0.15) is 0 Å². The zero-order valence-electron chi connectivity index (χ0n) is 17.0. The highest BCUT2D eigenvalue weighted by molar-refractivity contribution is 5.86. The molecule has 1 aliphatic carbocycles. The van der Waals surface area contributed by atoms with Gasteiger partial charge in [-0.3, -0.25) is 0 Å². The summed E-state index contributed by atoms with van der Waals surface area (Å²) in [6.45, 7) is 2.55. The van der Waals surface area contributed by atoms with Gasteiger partial charge in [-0.15, -0.1) is 6.42 Å². The summed E-state index contributed by atoms with van der Waals surface area (Å²) in [4.78, 5) is 24.3. The molecule has 0 aromatic carbocycles. The van der Waals surface area contributed by atoms with E-state index in [4.69, 9.17) is 15.9 Å². The lowest BCUT2D eigenvalue weighted by molar-refractivity contribution is -0.151. The maximum atomic E-state index is 12.5. The molecule has 27 heavy (non-hydrogen) atoms. The van der Waals surface area contributed by atoms with E-state index in [1.54, 1.807) is 0 Å². The molecule has 0 bridgehead atoms. The molecule has 0 saturated heterocycles. The molecule has 0 aliphatic heterocycles. The van der Waals surface area contributed by atoms with Crippen LogP contribution in [0.1, 0.15) is 96.8 Å². The van der Waals surface area contributed by atoms with Crippen molar-refractivity contribution in [3.05, 3.63) is 0 Å². The Bertz CT molecular complexity index is 463. The highest BCUT2D eigenvalue weighted by Crippen LogP contribution is 2.31. The van der Waals surface area contributed by atoms with Crippen LogP contribution < -0.4 is 5.32 Å². The molecule has 0 radical (unpaired) electrons. The average Bonchev–Trinajstić information content (AvgIpc) is 3.14. The van der Waals surface area contributed by atoms with Gasteiger partial charge in [0.25, 0.3) is 0 Å². The molecule has 0 heterocycles. The molecule has 1 rings (SSSR count). The van der Waals surface area contributed by atoms with E-state index in [9.17, 15) is 9.59 Å². The standard InChI is InChI=1S/C22H37NO4/c1-3-5-6-7-8-9-10-11-12-15-19-26-20(24)22(16-13-14-17-22)23-21(25)27-18-4-2/h2H,3,5-19H2,1H3,(H,23,25). The maximum absolute atomic E-state index is 12.5. The summed E-state index contributed by atoms with van der Waals surface area (Å²) in [6, 6.07) is 0. The number of nitrogens with one attached hydrogen (secondary N) is 1. The van der Waals surface area contributed by atoms with Gasteiger partial charge in [-0.1, -0.05) is 83.5 Å². The number of amides is 1. The van der Waals surface area contributed by atoms with E-state index in [0.717, 1.165) is 25.7 Å². The van der Waals surface area contributed by atoms with Gasteiger partial charge in [0.2, 0.25) is 0 Å². The van der Waals surface area contributed by atoms with Crippen molar-refractivity contribution in [3.63, 3.8) is 0 Å². The predicted octanol–water partition coefficient (Wildman–Crippen LogP) is 5.12. The van der Waals surface area contributed by atoms with Gasteiger partial charge in [0, 0.05) is 0 Å². The van der Waals surface area contributed by atoms with Crippen LogP contribution in [0, 0.1) is 12.3 Å². The molecule has 0 unspecified atom stereocenters. The lowest BCUT2D eigenvalue weighted by Gasteiger charge is -2.27. The number of unbranched alkanes of at least 4 members (excludes halogenated alkanes) is 9. The van der Waals surface area contributed by atoms with Gasteiger partial charge in [0.15, 0.2) is 6.61 Å². The van der Waals surface area contributed by atoms with E-state index < -0.39 is 11.6 Å². The van der Waals surface area contributed by atoms with Crippen molar-refractivity contribution in [2.45, 2.75) is 102 Å². The fraction of sp³-hybridized carbons (Fsp3) is 0.818. The molecule has 0 aromatic heterocycles. The molecule has 1 saturated carbocycles. The van der Waals surface area contributed by atoms with Crippen LogP contribution in [0.2, 0.25) is 0 Å². The number of terminal acetylenes is 1. The van der Waals surface area contributed by atoms with Crippen molar-refractivity contribution in [2.24, 2.45) is 0 Å². The fourth-order valence-corrected chi connectivity index (χ4v) is 3.59. The zero-order valence-corrected chi connectivity index (χ0v) is 17.0. The third kappa shape index (κ3) is 9.70. The van der Waals surface area contributed by atoms with Crippen molar-refractivity contribution < 1.29 is 19.1 Å². The van der Waals surface area contributed by atoms with E-state index in [1.807, 2.05) is 0 Å². The maximum Gasteiger partial charge on any atom is 0.409 e. The lowest BCUT2D eigenvalue weighted by atomic mass is 9.98. The minimum absolute atomic E-state index is 0.102. The van der Waals surface area contributed by atoms with E-state index in [1.165, 1.54) is 51.4 Å². The van der Waals surface area contributed by atoms with Gasteiger partial charge in [-0.25, -0.2) is 9.59 Å². The van der Waals surface area contributed by atoms with Gasteiger partial charge >= 0.3 is 12.1 Å². The van der Waals surface area contributed by atoms with Crippen molar-refractivity contribution in [3.8, 4) is 12.3 Å². The fourth-order valence-electron chi connectivity index (χ4n) is 3.59. The first-order valence-corrected chi connectivity index (χ1v) is 10.7. The highest BCUT2D eigenvalue weighted by Gasteiger charge is 2.44. The molecular weight excluding hydrogens is 342 g/mol. The van der Waals surface area contributed by atoms with Crippen LogP contribution in [-0.2, 0) is 14.3 Å². The van der Waals surface area contributed by atoms with E-state index in [2.05, 4.69) is 18.2 Å². The molecular formula is C22H37NO4. The van der Waals surface area contributed by atoms with Crippen molar-refractivity contribution in [1.29, 1.82) is 0 Å².